The minimum Gasteiger partial charge on any atom is -0.467 e. The number of carbonyl (C=O) groups excluding carboxylic acids is 1. The van der Waals surface area contributed by atoms with Gasteiger partial charge in [0.1, 0.15) is 6.10 Å². The van der Waals surface area contributed by atoms with Gasteiger partial charge in [0.2, 0.25) is 0 Å². The number of esters is 1. The number of hydrogen-bond acceptors (Lipinski definition) is 5. The molecule has 6 heteroatoms. The van der Waals surface area contributed by atoms with E-state index >= 15 is 0 Å². The smallest absolute Gasteiger partial charge is 0.338 e. The van der Waals surface area contributed by atoms with Gasteiger partial charge in [-0.2, -0.15) is 0 Å². The Hall–Kier alpha value is -3.51. The molecule has 140 valence electrons. The Bertz CT molecular complexity index is 1050. The third-order valence-electron chi connectivity index (χ3n) is 4.77. The number of epoxide rings is 1. The number of carbonyl (C=O) groups is 1. The molecule has 2 atom stereocenters. The molecule has 1 aliphatic heterocycles. The average Bonchev–Trinajstić information content (AvgIpc) is 3.54. The van der Waals surface area contributed by atoms with Crippen molar-refractivity contribution in [2.75, 3.05) is 7.11 Å². The van der Waals surface area contributed by atoms with Crippen LogP contribution in [-0.4, -0.2) is 24.1 Å². The van der Waals surface area contributed by atoms with Gasteiger partial charge in [0.15, 0.2) is 6.10 Å². The van der Waals surface area contributed by atoms with E-state index in [2.05, 4.69) is 0 Å². The van der Waals surface area contributed by atoms with Crippen molar-refractivity contribution in [1.82, 2.24) is 0 Å². The van der Waals surface area contributed by atoms with Gasteiger partial charge in [-0.3, -0.25) is 10.1 Å². The number of nitrogens with zero attached hydrogens (tertiary/aromatic N) is 1. The second-order valence-corrected chi connectivity index (χ2v) is 6.44. The molecule has 3 aromatic carbocycles. The first-order chi connectivity index (χ1) is 13.6. The molecule has 1 fully saturated rings. The lowest BCUT2D eigenvalue weighted by molar-refractivity contribution is -0.384. The molecule has 0 saturated carbocycles. The van der Waals surface area contributed by atoms with Crippen molar-refractivity contribution in [3.05, 3.63) is 88.5 Å². The molecule has 1 saturated heterocycles. The van der Waals surface area contributed by atoms with Crippen LogP contribution in [0, 0.1) is 10.1 Å². The molecule has 3 aromatic rings. The predicted molar refractivity (Wildman–Crippen MR) is 104 cm³/mol. The fourth-order valence-electron chi connectivity index (χ4n) is 3.41. The maximum absolute atomic E-state index is 12.0. The number of non-ortho nitro benzene ring substituents is 1. The molecule has 0 radical (unpaired) electrons. The Morgan fingerprint density at radius 3 is 2.29 bits per heavy atom. The Morgan fingerprint density at radius 2 is 1.61 bits per heavy atom. The summed E-state index contributed by atoms with van der Waals surface area (Å²) in [4.78, 5) is 22.7. The number of methoxy groups -OCH3 is 1. The highest BCUT2D eigenvalue weighted by molar-refractivity contribution is 5.85. The first-order valence-electron chi connectivity index (χ1n) is 8.76. The molecule has 0 aromatic heterocycles. The van der Waals surface area contributed by atoms with Gasteiger partial charge in [-0.15, -0.1) is 0 Å². The lowest BCUT2D eigenvalue weighted by Gasteiger charge is -2.14. The number of hydrogen-bond donors (Lipinski definition) is 0. The van der Waals surface area contributed by atoms with E-state index in [4.69, 9.17) is 9.47 Å². The lowest BCUT2D eigenvalue weighted by atomic mass is 9.89. The molecule has 28 heavy (non-hydrogen) atoms. The quantitative estimate of drug-likeness (QED) is 0.283. The van der Waals surface area contributed by atoms with Crippen molar-refractivity contribution in [3.63, 3.8) is 0 Å². The standard InChI is InChI=1S/C22H17NO5/c1-27-22(24)21-20(28-21)19-17(14-7-3-2-4-8-14)11-6-12-18(19)15-9-5-10-16(13-15)23(25)26/h2-13,20-21H,1H3. The molecule has 4 rings (SSSR count). The van der Waals surface area contributed by atoms with Crippen LogP contribution in [0.2, 0.25) is 0 Å². The van der Waals surface area contributed by atoms with Gasteiger partial charge in [0.05, 0.1) is 12.0 Å². The molecule has 1 heterocycles. The van der Waals surface area contributed by atoms with Crippen LogP contribution in [0.4, 0.5) is 5.69 Å². The highest BCUT2D eigenvalue weighted by Gasteiger charge is 2.49. The summed E-state index contributed by atoms with van der Waals surface area (Å²) < 4.78 is 10.5. The molecular formula is C22H17NO5. The van der Waals surface area contributed by atoms with E-state index in [0.29, 0.717) is 5.56 Å². The van der Waals surface area contributed by atoms with Crippen molar-refractivity contribution < 1.29 is 19.2 Å². The normalized spacial score (nSPS) is 17.8. The molecule has 0 aliphatic carbocycles. The number of benzene rings is 3. The number of nitro groups is 1. The van der Waals surface area contributed by atoms with Gasteiger partial charge in [0, 0.05) is 12.1 Å². The zero-order valence-corrected chi connectivity index (χ0v) is 15.1. The monoisotopic (exact) mass is 375 g/mol. The lowest BCUT2D eigenvalue weighted by Crippen LogP contribution is -2.10. The summed E-state index contributed by atoms with van der Waals surface area (Å²) in [6.07, 6.45) is -1.13. The van der Waals surface area contributed by atoms with Crippen LogP contribution < -0.4 is 0 Å². The minimum absolute atomic E-state index is 0.00907. The molecule has 0 amide bonds. The minimum atomic E-state index is -0.674. The van der Waals surface area contributed by atoms with E-state index in [1.807, 2.05) is 54.6 Å². The summed E-state index contributed by atoms with van der Waals surface area (Å²) in [7, 11) is 1.33. The summed E-state index contributed by atoms with van der Waals surface area (Å²) in [6, 6.07) is 21.9. The van der Waals surface area contributed by atoms with Crippen LogP contribution in [0.3, 0.4) is 0 Å². The summed E-state index contributed by atoms with van der Waals surface area (Å²) in [5, 5.41) is 11.2. The van der Waals surface area contributed by atoms with Crippen LogP contribution in [0.1, 0.15) is 11.7 Å². The first-order valence-corrected chi connectivity index (χ1v) is 8.76. The second-order valence-electron chi connectivity index (χ2n) is 6.44. The summed E-state index contributed by atoms with van der Waals surface area (Å²) in [5.74, 6) is -0.433. The second kappa shape index (κ2) is 7.25. The van der Waals surface area contributed by atoms with Crippen LogP contribution >= 0.6 is 0 Å². The van der Waals surface area contributed by atoms with Crippen molar-refractivity contribution in [1.29, 1.82) is 0 Å². The number of ether oxygens (including phenoxy) is 2. The van der Waals surface area contributed by atoms with E-state index in [9.17, 15) is 14.9 Å². The van der Waals surface area contributed by atoms with Gasteiger partial charge >= 0.3 is 5.97 Å². The average molecular weight is 375 g/mol. The van der Waals surface area contributed by atoms with Crippen LogP contribution in [0.15, 0.2) is 72.8 Å². The maximum atomic E-state index is 12.0. The van der Waals surface area contributed by atoms with E-state index in [1.165, 1.54) is 19.2 Å². The topological polar surface area (TPSA) is 82.0 Å². The van der Waals surface area contributed by atoms with Crippen molar-refractivity contribution in [3.8, 4) is 22.3 Å². The molecule has 2 unspecified atom stereocenters. The third-order valence-corrected chi connectivity index (χ3v) is 4.77. The number of nitro benzene ring substituents is 1. The van der Waals surface area contributed by atoms with E-state index in [1.54, 1.807) is 6.07 Å². The summed E-state index contributed by atoms with van der Waals surface area (Å²) in [6.45, 7) is 0. The van der Waals surface area contributed by atoms with Gasteiger partial charge in [-0.25, -0.2) is 4.79 Å². The summed E-state index contributed by atoms with van der Waals surface area (Å²) >= 11 is 0. The van der Waals surface area contributed by atoms with Gasteiger partial charge < -0.3 is 9.47 Å². The SMILES string of the molecule is COC(=O)C1OC1c1c(-c2ccccc2)cccc1-c1cccc([N+](=O)[O-])c1. The molecule has 0 spiro atoms. The van der Waals surface area contributed by atoms with Crippen molar-refractivity contribution in [2.24, 2.45) is 0 Å². The predicted octanol–water partition coefficient (Wildman–Crippen LogP) is 4.54. The summed E-state index contributed by atoms with van der Waals surface area (Å²) in [5.41, 5.74) is 4.21. The van der Waals surface area contributed by atoms with Crippen molar-refractivity contribution >= 4 is 11.7 Å². The Labute approximate surface area is 161 Å². The Kier molecular flexibility index (Phi) is 4.63. The van der Waals surface area contributed by atoms with Crippen LogP contribution in [0.25, 0.3) is 22.3 Å². The molecule has 1 aliphatic rings. The fraction of sp³-hybridized carbons (Fsp3) is 0.136. The first kappa shape index (κ1) is 17.9. The Morgan fingerprint density at radius 1 is 0.964 bits per heavy atom. The maximum Gasteiger partial charge on any atom is 0.338 e. The molecule has 0 N–H and O–H groups in total. The Balaban J connectivity index is 1.89. The van der Waals surface area contributed by atoms with Crippen LogP contribution in [-0.2, 0) is 14.3 Å². The van der Waals surface area contributed by atoms with Gasteiger partial charge in [-0.05, 0) is 27.8 Å². The molecule has 0 bridgehead atoms. The largest absolute Gasteiger partial charge is 0.467 e. The van der Waals surface area contributed by atoms with Crippen molar-refractivity contribution in [2.45, 2.75) is 12.2 Å². The van der Waals surface area contributed by atoms with E-state index < -0.39 is 23.1 Å². The zero-order valence-electron chi connectivity index (χ0n) is 15.1. The van der Waals surface area contributed by atoms with E-state index in [-0.39, 0.29) is 5.69 Å². The highest BCUT2D eigenvalue weighted by atomic mass is 16.6. The third kappa shape index (κ3) is 3.25. The van der Waals surface area contributed by atoms with E-state index in [0.717, 1.165) is 22.3 Å². The van der Waals surface area contributed by atoms with Gasteiger partial charge in [-0.1, -0.05) is 60.7 Å². The zero-order chi connectivity index (χ0) is 19.7. The number of rotatable bonds is 5. The highest BCUT2D eigenvalue weighted by Crippen LogP contribution is 2.48. The molecular weight excluding hydrogens is 358 g/mol. The van der Waals surface area contributed by atoms with Gasteiger partial charge in [0.25, 0.3) is 5.69 Å². The molecule has 6 nitrogen and oxygen atoms in total. The van der Waals surface area contributed by atoms with Crippen LogP contribution in [0.5, 0.6) is 0 Å². The fourth-order valence-corrected chi connectivity index (χ4v) is 3.41.